The lowest BCUT2D eigenvalue weighted by Crippen LogP contribution is -2.70. The van der Waals surface area contributed by atoms with E-state index in [1.165, 1.54) is 12.2 Å². The van der Waals surface area contributed by atoms with Crippen molar-refractivity contribution in [2.45, 2.75) is 116 Å². The first-order valence-corrected chi connectivity index (χ1v) is 16.5. The number of carbonyl (C=O) groups is 4. The van der Waals surface area contributed by atoms with Crippen molar-refractivity contribution < 1.29 is 38.1 Å². The second-order valence-corrected chi connectivity index (χ2v) is 13.4. The molecule has 7 unspecified atom stereocenters. The molecule has 4 rings (SSSR count). The van der Waals surface area contributed by atoms with E-state index >= 15 is 4.39 Å². The van der Waals surface area contributed by atoms with Crippen LogP contribution in [0.4, 0.5) is 4.39 Å². The Morgan fingerprint density at radius 3 is 2.56 bits per heavy atom. The van der Waals surface area contributed by atoms with Gasteiger partial charge in [-0.15, -0.1) is 0 Å². The van der Waals surface area contributed by atoms with Crippen molar-refractivity contribution in [1.82, 2.24) is 5.32 Å². The molecule has 0 radical (unpaired) electrons. The zero-order valence-electron chi connectivity index (χ0n) is 27.2. The van der Waals surface area contributed by atoms with E-state index in [-0.39, 0.29) is 37.0 Å². The molecule has 7 atom stereocenters. The fourth-order valence-corrected chi connectivity index (χ4v) is 8.75. The monoisotopic (exact) mass is 626 g/mol. The molecule has 1 amide bonds. The van der Waals surface area contributed by atoms with Crippen LogP contribution in [0.15, 0.2) is 41.9 Å². The maximum Gasteiger partial charge on any atom is 0.325 e. The molecule has 4 aliphatic carbocycles. The van der Waals surface area contributed by atoms with Gasteiger partial charge in [0, 0.05) is 24.2 Å². The van der Waals surface area contributed by atoms with Gasteiger partial charge in [0.2, 0.25) is 11.7 Å². The van der Waals surface area contributed by atoms with E-state index in [4.69, 9.17) is 9.47 Å². The summed E-state index contributed by atoms with van der Waals surface area (Å²) in [4.78, 5) is 51.0. The SMILES string of the molecule is C=C=C(CCCC)OC1(C(=O)COC(=O)CNC(=O)CCCC)CCC2C3CCC4=CC(=O)C=CC4([CH+]C)C3(F)C(O)CC21C. The Hall–Kier alpha value is -3.16. The molecule has 0 aliphatic heterocycles. The van der Waals surface area contributed by atoms with Crippen LogP contribution in [0.2, 0.25) is 0 Å². The Labute approximate surface area is 266 Å². The molecule has 246 valence electrons. The van der Waals surface area contributed by atoms with E-state index in [0.717, 1.165) is 19.3 Å². The van der Waals surface area contributed by atoms with Crippen LogP contribution in [0.25, 0.3) is 0 Å². The highest BCUT2D eigenvalue weighted by atomic mass is 19.1. The average molecular weight is 627 g/mol. The topological polar surface area (TPSA) is 119 Å². The fourth-order valence-electron chi connectivity index (χ4n) is 8.75. The van der Waals surface area contributed by atoms with Crippen LogP contribution >= 0.6 is 0 Å². The number of ether oxygens (including phenoxy) is 2. The van der Waals surface area contributed by atoms with Crippen LogP contribution in [0, 0.1) is 29.1 Å². The lowest BCUT2D eigenvalue weighted by Gasteiger charge is -2.60. The molecule has 0 aromatic rings. The fraction of sp³-hybridized carbons (Fsp3) is 0.667. The number of alkyl halides is 1. The summed E-state index contributed by atoms with van der Waals surface area (Å²) in [6.45, 7) is 10.5. The second-order valence-electron chi connectivity index (χ2n) is 13.4. The summed E-state index contributed by atoms with van der Waals surface area (Å²) >= 11 is 0. The molecule has 8 nitrogen and oxygen atoms in total. The lowest BCUT2D eigenvalue weighted by atomic mass is 9.43. The second kappa shape index (κ2) is 13.7. The standard InChI is InChI=1S/C36H48FNO7/c1-6-10-12-26(8-3)45-35(30(41)23-44-32(43)22-38-31(42)13-11-7-2)19-17-27-28-15-14-24-20-25(39)16-18-34(24,9-4)36(28,37)29(40)21-33(27,35)5/h9,16,18,20,27-29,40H,3,6-7,10-15,17,19,21-23H2,1-2,4-5H3/p+1. The van der Waals surface area contributed by atoms with Crippen molar-refractivity contribution in [3.8, 4) is 0 Å². The van der Waals surface area contributed by atoms with Crippen LogP contribution in [0.1, 0.15) is 98.3 Å². The highest BCUT2D eigenvalue weighted by molar-refractivity contribution is 6.01. The van der Waals surface area contributed by atoms with Gasteiger partial charge in [0.25, 0.3) is 0 Å². The molecule has 9 heteroatoms. The third-order valence-electron chi connectivity index (χ3n) is 11.1. The number of nitrogens with one attached hydrogen (secondary N) is 1. The summed E-state index contributed by atoms with van der Waals surface area (Å²) in [6, 6.07) is 0. The number of allylic oxidation sites excluding steroid dienone is 5. The number of hydrogen-bond donors (Lipinski definition) is 2. The molecule has 3 fully saturated rings. The molecule has 0 spiro atoms. The molecule has 0 heterocycles. The van der Waals surface area contributed by atoms with E-state index in [1.54, 1.807) is 19.4 Å². The molecule has 0 aromatic carbocycles. The summed E-state index contributed by atoms with van der Waals surface area (Å²) < 4.78 is 29.8. The van der Waals surface area contributed by atoms with Gasteiger partial charge < -0.3 is 19.9 Å². The summed E-state index contributed by atoms with van der Waals surface area (Å²) in [5, 5.41) is 14.4. The Morgan fingerprint density at radius 2 is 1.89 bits per heavy atom. The van der Waals surface area contributed by atoms with Gasteiger partial charge in [-0.05, 0) is 74.7 Å². The van der Waals surface area contributed by atoms with Crippen LogP contribution in [-0.2, 0) is 28.7 Å². The highest BCUT2D eigenvalue weighted by Gasteiger charge is 2.78. The molecule has 0 saturated heterocycles. The molecule has 2 N–H and O–H groups in total. The molecule has 4 aliphatic rings. The molecule has 0 bridgehead atoms. The van der Waals surface area contributed by atoms with Gasteiger partial charge in [-0.1, -0.05) is 45.9 Å². The zero-order chi connectivity index (χ0) is 33.0. The minimum Gasteiger partial charge on any atom is -0.475 e. The summed E-state index contributed by atoms with van der Waals surface area (Å²) in [5.74, 6) is -2.23. The normalized spacial score (nSPS) is 34.8. The average Bonchev–Trinajstić information content (AvgIpc) is 3.31. The number of esters is 1. The number of unbranched alkanes of at least 4 members (excludes halogenated alkanes) is 2. The van der Waals surface area contributed by atoms with Gasteiger partial charge in [-0.25, -0.2) is 4.39 Å². The number of rotatable bonds is 14. The van der Waals surface area contributed by atoms with E-state index < -0.39 is 52.5 Å². The predicted octanol–water partition coefficient (Wildman–Crippen LogP) is 5.59. The van der Waals surface area contributed by atoms with Crippen molar-refractivity contribution >= 4 is 23.4 Å². The lowest BCUT2D eigenvalue weighted by molar-refractivity contribution is -0.218. The Kier molecular flexibility index (Phi) is 10.6. The van der Waals surface area contributed by atoms with Crippen molar-refractivity contribution in [3.63, 3.8) is 0 Å². The van der Waals surface area contributed by atoms with E-state index in [1.807, 2.05) is 20.8 Å². The Balaban J connectivity index is 1.65. The number of aliphatic hydroxyl groups is 1. The van der Waals surface area contributed by atoms with E-state index in [0.29, 0.717) is 49.9 Å². The summed E-state index contributed by atoms with van der Waals surface area (Å²) in [5.41, 5.74) is -2.33. The van der Waals surface area contributed by atoms with Crippen LogP contribution in [0.5, 0.6) is 0 Å². The van der Waals surface area contributed by atoms with Crippen molar-refractivity contribution in [2.75, 3.05) is 13.2 Å². The number of halogens is 1. The quantitative estimate of drug-likeness (QED) is 0.112. The zero-order valence-corrected chi connectivity index (χ0v) is 27.2. The van der Waals surface area contributed by atoms with Crippen molar-refractivity contribution in [2.24, 2.45) is 22.7 Å². The minimum atomic E-state index is -2.09. The highest BCUT2D eigenvalue weighted by Crippen LogP contribution is 2.71. The number of carbonyl (C=O) groups excluding carboxylic acids is 4. The molecule has 0 aromatic heterocycles. The van der Waals surface area contributed by atoms with Gasteiger partial charge in [0.1, 0.15) is 12.3 Å². The first-order chi connectivity index (χ1) is 21.4. The molecule has 3 saturated carbocycles. The third kappa shape index (κ3) is 5.83. The number of Topliss-reactive ketones (excluding diaryl/α,β-unsaturated/α-hetero) is 1. The molecular weight excluding hydrogens is 577 g/mol. The van der Waals surface area contributed by atoms with Gasteiger partial charge in [0.15, 0.2) is 29.1 Å². The maximum atomic E-state index is 17.8. The van der Waals surface area contributed by atoms with E-state index in [9.17, 15) is 24.3 Å². The first-order valence-electron chi connectivity index (χ1n) is 16.5. The first kappa shape index (κ1) is 34.7. The Morgan fingerprint density at radius 1 is 1.18 bits per heavy atom. The number of hydrogen-bond acceptors (Lipinski definition) is 7. The van der Waals surface area contributed by atoms with Crippen LogP contribution < -0.4 is 5.32 Å². The van der Waals surface area contributed by atoms with Gasteiger partial charge in [0.05, 0.1) is 19.4 Å². The number of fused-ring (bicyclic) bond motifs is 5. The van der Waals surface area contributed by atoms with Crippen LogP contribution in [-0.4, -0.2) is 59.1 Å². The Bertz CT molecular complexity index is 1300. The molecular formula is C36H49FNO7+. The maximum absolute atomic E-state index is 17.8. The number of amides is 1. The smallest absolute Gasteiger partial charge is 0.325 e. The van der Waals surface area contributed by atoms with Crippen LogP contribution in [0.3, 0.4) is 0 Å². The molecule has 45 heavy (non-hydrogen) atoms. The minimum absolute atomic E-state index is 0.0688. The van der Waals surface area contributed by atoms with Gasteiger partial charge in [-0.3, -0.25) is 19.2 Å². The number of ketones is 2. The third-order valence-corrected chi connectivity index (χ3v) is 11.1. The van der Waals surface area contributed by atoms with Gasteiger partial charge >= 0.3 is 5.97 Å². The predicted molar refractivity (Wildman–Crippen MR) is 167 cm³/mol. The van der Waals surface area contributed by atoms with Crippen molar-refractivity contribution in [3.05, 3.63) is 48.3 Å². The van der Waals surface area contributed by atoms with Crippen molar-refractivity contribution in [1.29, 1.82) is 0 Å². The summed E-state index contributed by atoms with van der Waals surface area (Å²) in [6.07, 6.45) is 10.3. The summed E-state index contributed by atoms with van der Waals surface area (Å²) in [7, 11) is 0. The number of aliphatic hydroxyl groups excluding tert-OH is 1. The van der Waals surface area contributed by atoms with Gasteiger partial charge in [-0.2, -0.15) is 0 Å². The largest absolute Gasteiger partial charge is 0.475 e. The van der Waals surface area contributed by atoms with E-state index in [2.05, 4.69) is 17.6 Å².